The van der Waals surface area contributed by atoms with Gasteiger partial charge in [0, 0.05) is 6.42 Å². The molecule has 0 aromatic carbocycles. The summed E-state index contributed by atoms with van der Waals surface area (Å²) >= 11 is 0. The monoisotopic (exact) mass is 310 g/mol. The van der Waals surface area contributed by atoms with E-state index in [-0.39, 0.29) is 17.5 Å². The van der Waals surface area contributed by atoms with Crippen LogP contribution in [0.15, 0.2) is 0 Å². The summed E-state index contributed by atoms with van der Waals surface area (Å²) in [6.07, 6.45) is 6.33. The maximum Gasteiger partial charge on any atom is 0.311 e. The molecule has 2 aliphatic carbocycles. The maximum atomic E-state index is 12.0. The molecule has 22 heavy (non-hydrogen) atoms. The highest BCUT2D eigenvalue weighted by molar-refractivity contribution is 5.75. The van der Waals surface area contributed by atoms with Gasteiger partial charge in [-0.15, -0.1) is 0 Å². The van der Waals surface area contributed by atoms with Crippen LogP contribution in [0.4, 0.5) is 0 Å². The average Bonchev–Trinajstić information content (AvgIpc) is 3.03. The summed E-state index contributed by atoms with van der Waals surface area (Å²) in [6, 6.07) is 0. The number of hydrogen-bond donors (Lipinski definition) is 0. The molecule has 0 saturated heterocycles. The molecule has 3 unspecified atom stereocenters. The third-order valence-corrected chi connectivity index (χ3v) is 5.64. The average molecular weight is 310 g/mol. The number of carbonyl (C=O) groups is 2. The molecule has 0 amide bonds. The van der Waals surface area contributed by atoms with Gasteiger partial charge in [-0.3, -0.25) is 9.59 Å². The van der Waals surface area contributed by atoms with E-state index < -0.39 is 5.41 Å². The minimum absolute atomic E-state index is 0.152. The lowest BCUT2D eigenvalue weighted by atomic mass is 9.86. The van der Waals surface area contributed by atoms with Gasteiger partial charge in [0.2, 0.25) is 0 Å². The Morgan fingerprint density at radius 1 is 1.27 bits per heavy atom. The number of rotatable bonds is 7. The first-order chi connectivity index (χ1) is 10.3. The Morgan fingerprint density at radius 3 is 2.55 bits per heavy atom. The van der Waals surface area contributed by atoms with Crippen molar-refractivity contribution in [2.75, 3.05) is 6.61 Å². The van der Waals surface area contributed by atoms with E-state index in [0.29, 0.717) is 25.4 Å². The number of ether oxygens (including phenoxy) is 2. The zero-order chi connectivity index (χ0) is 16.4. The highest BCUT2D eigenvalue weighted by atomic mass is 16.6. The number of hydrogen-bond acceptors (Lipinski definition) is 4. The van der Waals surface area contributed by atoms with E-state index in [1.807, 2.05) is 20.8 Å². The van der Waals surface area contributed by atoms with E-state index in [1.54, 1.807) is 0 Å². The van der Waals surface area contributed by atoms with E-state index >= 15 is 0 Å². The summed E-state index contributed by atoms with van der Waals surface area (Å²) in [4.78, 5) is 23.8. The summed E-state index contributed by atoms with van der Waals surface area (Å²) in [5.74, 6) is 0.953. The zero-order valence-corrected chi connectivity index (χ0v) is 14.4. The van der Waals surface area contributed by atoms with Crippen LogP contribution in [0.25, 0.3) is 0 Å². The second kappa shape index (κ2) is 6.59. The fraction of sp³-hybridized carbons (Fsp3) is 0.889. The molecule has 2 fully saturated rings. The Kier molecular flexibility index (Phi) is 5.18. The molecular formula is C18H30O4. The SMILES string of the molecule is CCC(C)(C)C(=O)OCCCC(=O)OC1(C)CC2CCC1C2. The molecule has 0 aromatic rings. The number of fused-ring (bicyclic) bond motifs is 2. The van der Waals surface area contributed by atoms with Gasteiger partial charge in [0.25, 0.3) is 0 Å². The molecule has 0 N–H and O–H groups in total. The van der Waals surface area contributed by atoms with Crippen molar-refractivity contribution in [1.82, 2.24) is 0 Å². The summed E-state index contributed by atoms with van der Waals surface area (Å²) in [7, 11) is 0. The van der Waals surface area contributed by atoms with Crippen LogP contribution in [0.3, 0.4) is 0 Å². The minimum atomic E-state index is -0.447. The predicted octanol–water partition coefficient (Wildman–Crippen LogP) is 3.87. The van der Waals surface area contributed by atoms with E-state index in [4.69, 9.17) is 9.47 Å². The second-order valence-electron chi connectivity index (χ2n) is 7.84. The Morgan fingerprint density at radius 2 is 2.00 bits per heavy atom. The van der Waals surface area contributed by atoms with Gasteiger partial charge in [-0.2, -0.15) is 0 Å². The van der Waals surface area contributed by atoms with Crippen LogP contribution in [-0.4, -0.2) is 24.1 Å². The normalized spacial score (nSPS) is 30.4. The van der Waals surface area contributed by atoms with Gasteiger partial charge in [-0.1, -0.05) is 6.92 Å². The Bertz CT molecular complexity index is 429. The molecule has 2 rings (SSSR count). The summed E-state index contributed by atoms with van der Waals surface area (Å²) < 4.78 is 11.0. The molecule has 0 heterocycles. The molecule has 2 aliphatic rings. The predicted molar refractivity (Wildman–Crippen MR) is 84.2 cm³/mol. The third-order valence-electron chi connectivity index (χ3n) is 5.64. The van der Waals surface area contributed by atoms with E-state index in [0.717, 1.165) is 18.8 Å². The molecule has 2 bridgehead atoms. The van der Waals surface area contributed by atoms with E-state index in [1.165, 1.54) is 19.3 Å². The lowest BCUT2D eigenvalue weighted by molar-refractivity contribution is -0.165. The topological polar surface area (TPSA) is 52.6 Å². The van der Waals surface area contributed by atoms with Gasteiger partial charge in [-0.05, 0) is 71.1 Å². The van der Waals surface area contributed by atoms with Crippen molar-refractivity contribution < 1.29 is 19.1 Å². The maximum absolute atomic E-state index is 12.0. The molecule has 0 radical (unpaired) electrons. The molecule has 3 atom stereocenters. The Hall–Kier alpha value is -1.06. The Labute approximate surface area is 133 Å². The van der Waals surface area contributed by atoms with Gasteiger partial charge in [0.05, 0.1) is 12.0 Å². The highest BCUT2D eigenvalue weighted by Crippen LogP contribution is 2.52. The summed E-state index contributed by atoms with van der Waals surface area (Å²) in [6.45, 7) is 8.09. The van der Waals surface area contributed by atoms with Gasteiger partial charge in [0.1, 0.15) is 5.60 Å². The van der Waals surface area contributed by atoms with Crippen LogP contribution in [0.1, 0.15) is 72.6 Å². The molecule has 126 valence electrons. The minimum Gasteiger partial charge on any atom is -0.465 e. The highest BCUT2D eigenvalue weighted by Gasteiger charge is 2.50. The van der Waals surface area contributed by atoms with Crippen molar-refractivity contribution in [2.45, 2.75) is 78.2 Å². The van der Waals surface area contributed by atoms with Crippen LogP contribution in [-0.2, 0) is 19.1 Å². The second-order valence-corrected chi connectivity index (χ2v) is 7.84. The summed E-state index contributed by atoms with van der Waals surface area (Å²) in [5, 5.41) is 0. The van der Waals surface area contributed by atoms with Crippen molar-refractivity contribution in [2.24, 2.45) is 17.3 Å². The van der Waals surface area contributed by atoms with E-state index in [2.05, 4.69) is 6.92 Å². The quantitative estimate of drug-likeness (QED) is 0.529. The molecule has 0 aliphatic heterocycles. The molecule has 0 spiro atoms. The summed E-state index contributed by atoms with van der Waals surface area (Å²) in [5.41, 5.74) is -0.696. The van der Waals surface area contributed by atoms with Crippen LogP contribution in [0.5, 0.6) is 0 Å². The third kappa shape index (κ3) is 3.82. The molecule has 0 aromatic heterocycles. The fourth-order valence-electron chi connectivity index (χ4n) is 3.71. The molecule has 4 nitrogen and oxygen atoms in total. The first-order valence-electron chi connectivity index (χ1n) is 8.66. The van der Waals surface area contributed by atoms with Crippen molar-refractivity contribution in [1.29, 1.82) is 0 Å². The van der Waals surface area contributed by atoms with Crippen molar-refractivity contribution in [3.8, 4) is 0 Å². The van der Waals surface area contributed by atoms with Crippen LogP contribution >= 0.6 is 0 Å². The lowest BCUT2D eigenvalue weighted by Gasteiger charge is -2.33. The van der Waals surface area contributed by atoms with E-state index in [9.17, 15) is 9.59 Å². The standard InChI is InChI=1S/C18H30O4/c1-5-17(2,3)16(20)21-10-6-7-15(19)22-18(4)12-13-8-9-14(18)11-13/h13-14H,5-12H2,1-4H3. The van der Waals surface area contributed by atoms with Gasteiger partial charge >= 0.3 is 11.9 Å². The largest absolute Gasteiger partial charge is 0.465 e. The smallest absolute Gasteiger partial charge is 0.311 e. The van der Waals surface area contributed by atoms with Crippen LogP contribution in [0.2, 0.25) is 0 Å². The molecule has 4 heteroatoms. The first kappa shape index (κ1) is 17.3. The fourth-order valence-corrected chi connectivity index (χ4v) is 3.71. The van der Waals surface area contributed by atoms with Gasteiger partial charge < -0.3 is 9.47 Å². The van der Waals surface area contributed by atoms with Crippen molar-refractivity contribution >= 4 is 11.9 Å². The van der Waals surface area contributed by atoms with Crippen molar-refractivity contribution in [3.63, 3.8) is 0 Å². The molecule has 2 saturated carbocycles. The lowest BCUT2D eigenvalue weighted by Crippen LogP contribution is -2.37. The number of esters is 2. The zero-order valence-electron chi connectivity index (χ0n) is 14.4. The molecular weight excluding hydrogens is 280 g/mol. The van der Waals surface area contributed by atoms with Gasteiger partial charge in [0.15, 0.2) is 0 Å². The van der Waals surface area contributed by atoms with Crippen LogP contribution in [0, 0.1) is 17.3 Å². The van der Waals surface area contributed by atoms with Gasteiger partial charge in [-0.25, -0.2) is 0 Å². The number of carbonyl (C=O) groups excluding carboxylic acids is 2. The Balaban J connectivity index is 1.65. The van der Waals surface area contributed by atoms with Crippen LogP contribution < -0.4 is 0 Å². The van der Waals surface area contributed by atoms with Crippen molar-refractivity contribution in [3.05, 3.63) is 0 Å². The first-order valence-corrected chi connectivity index (χ1v) is 8.66.